The van der Waals surface area contributed by atoms with Crippen LogP contribution < -0.4 is 4.72 Å². The summed E-state index contributed by atoms with van der Waals surface area (Å²) in [6.07, 6.45) is 0. The van der Waals surface area contributed by atoms with Gasteiger partial charge in [-0.2, -0.15) is 0 Å². The fourth-order valence-electron chi connectivity index (χ4n) is 1.18. The predicted octanol–water partition coefficient (Wildman–Crippen LogP) is 2.65. The SMILES string of the molecule is O=S(=O)(CCl)Nc1nc2c(F)c(F)c(F)cc2s1. The van der Waals surface area contributed by atoms with E-state index in [1.807, 2.05) is 4.72 Å². The highest BCUT2D eigenvalue weighted by Gasteiger charge is 2.19. The second-order valence-corrected chi connectivity index (χ2v) is 6.52. The quantitative estimate of drug-likeness (QED) is 0.699. The van der Waals surface area contributed by atoms with Crippen LogP contribution in [-0.4, -0.2) is 18.6 Å². The van der Waals surface area contributed by atoms with Gasteiger partial charge in [0, 0.05) is 0 Å². The molecule has 1 heterocycles. The molecule has 10 heteroatoms. The Labute approximate surface area is 108 Å². The van der Waals surface area contributed by atoms with Crippen molar-refractivity contribution in [2.45, 2.75) is 0 Å². The summed E-state index contributed by atoms with van der Waals surface area (Å²) < 4.78 is 63.4. The van der Waals surface area contributed by atoms with Gasteiger partial charge in [-0.3, -0.25) is 4.72 Å². The van der Waals surface area contributed by atoms with Gasteiger partial charge in [-0.25, -0.2) is 26.6 Å². The lowest BCUT2D eigenvalue weighted by atomic mass is 10.3. The predicted molar refractivity (Wildman–Crippen MR) is 62.8 cm³/mol. The summed E-state index contributed by atoms with van der Waals surface area (Å²) in [5.74, 6) is -4.48. The number of benzene rings is 1. The molecule has 1 aromatic heterocycles. The van der Waals surface area contributed by atoms with E-state index in [1.54, 1.807) is 0 Å². The molecule has 98 valence electrons. The standard InChI is InChI=1S/C8H4ClF3N2O2S2/c9-2-18(15,16)14-8-13-7-4(17-8)1-3(10)5(11)6(7)12/h1H,2H2,(H,13,14). The minimum absolute atomic E-state index is 0.0151. The highest BCUT2D eigenvalue weighted by Crippen LogP contribution is 2.30. The first-order valence-electron chi connectivity index (χ1n) is 4.34. The normalized spacial score (nSPS) is 12.0. The number of nitrogens with one attached hydrogen (secondary N) is 1. The summed E-state index contributed by atoms with van der Waals surface area (Å²) in [5.41, 5.74) is -0.439. The monoisotopic (exact) mass is 316 g/mol. The van der Waals surface area contributed by atoms with Crippen molar-refractivity contribution in [1.82, 2.24) is 4.98 Å². The Balaban J connectivity index is 2.55. The molecule has 0 fully saturated rings. The molecule has 0 aliphatic rings. The minimum Gasteiger partial charge on any atom is -0.258 e. The zero-order valence-electron chi connectivity index (χ0n) is 8.38. The van der Waals surface area contributed by atoms with E-state index in [4.69, 9.17) is 11.6 Å². The molecule has 0 unspecified atom stereocenters. The van der Waals surface area contributed by atoms with Crippen molar-refractivity contribution in [3.8, 4) is 0 Å². The molecule has 2 aromatic rings. The molecular formula is C8H4ClF3N2O2S2. The Morgan fingerprint density at radius 3 is 2.61 bits per heavy atom. The van der Waals surface area contributed by atoms with E-state index in [0.29, 0.717) is 11.3 Å². The van der Waals surface area contributed by atoms with Crippen LogP contribution in [0, 0.1) is 17.5 Å². The zero-order valence-corrected chi connectivity index (χ0v) is 10.8. The van der Waals surface area contributed by atoms with Crippen LogP contribution in [-0.2, 0) is 10.0 Å². The van der Waals surface area contributed by atoms with E-state index in [1.165, 1.54) is 0 Å². The summed E-state index contributed by atoms with van der Waals surface area (Å²) >= 11 is 5.83. The van der Waals surface area contributed by atoms with Gasteiger partial charge in [-0.1, -0.05) is 11.3 Å². The van der Waals surface area contributed by atoms with Gasteiger partial charge in [-0.05, 0) is 6.07 Å². The summed E-state index contributed by atoms with van der Waals surface area (Å²) in [7, 11) is -3.80. The van der Waals surface area contributed by atoms with Gasteiger partial charge in [0.25, 0.3) is 0 Å². The molecule has 0 amide bonds. The Hall–Kier alpha value is -1.06. The fourth-order valence-corrected chi connectivity index (χ4v) is 3.00. The van der Waals surface area contributed by atoms with Crippen molar-refractivity contribution in [3.05, 3.63) is 23.5 Å². The van der Waals surface area contributed by atoms with E-state index < -0.39 is 38.2 Å². The summed E-state index contributed by atoms with van der Waals surface area (Å²) in [6, 6.07) is 0.740. The summed E-state index contributed by atoms with van der Waals surface area (Å²) in [4.78, 5) is 3.54. The van der Waals surface area contributed by atoms with E-state index in [0.717, 1.165) is 6.07 Å². The van der Waals surface area contributed by atoms with Crippen LogP contribution in [0.2, 0.25) is 0 Å². The number of aromatic nitrogens is 1. The van der Waals surface area contributed by atoms with E-state index in [9.17, 15) is 21.6 Å². The molecule has 0 aliphatic heterocycles. The highest BCUT2D eigenvalue weighted by molar-refractivity contribution is 7.94. The lowest BCUT2D eigenvalue weighted by Crippen LogP contribution is -2.13. The number of rotatable bonds is 3. The fraction of sp³-hybridized carbons (Fsp3) is 0.125. The van der Waals surface area contributed by atoms with Crippen LogP contribution in [0.15, 0.2) is 6.07 Å². The van der Waals surface area contributed by atoms with Crippen molar-refractivity contribution >= 4 is 48.3 Å². The Morgan fingerprint density at radius 2 is 2.00 bits per heavy atom. The largest absolute Gasteiger partial charge is 0.258 e. The average molecular weight is 317 g/mol. The number of nitrogens with zero attached hydrogens (tertiary/aromatic N) is 1. The molecule has 1 N–H and O–H groups in total. The topological polar surface area (TPSA) is 59.1 Å². The molecule has 0 aliphatic carbocycles. The maximum atomic E-state index is 13.3. The second kappa shape index (κ2) is 4.56. The number of hydrogen-bond donors (Lipinski definition) is 1. The first-order valence-corrected chi connectivity index (χ1v) is 7.35. The van der Waals surface area contributed by atoms with Gasteiger partial charge in [0.05, 0.1) is 4.70 Å². The molecular weight excluding hydrogens is 313 g/mol. The summed E-state index contributed by atoms with van der Waals surface area (Å²) in [5, 5.41) is -0.928. The molecule has 0 spiro atoms. The van der Waals surface area contributed by atoms with Crippen LogP contribution in [0.1, 0.15) is 0 Å². The first-order chi connectivity index (χ1) is 8.34. The molecule has 0 radical (unpaired) electrons. The van der Waals surface area contributed by atoms with Crippen molar-refractivity contribution in [2.75, 3.05) is 9.93 Å². The van der Waals surface area contributed by atoms with Gasteiger partial charge in [0.1, 0.15) is 10.7 Å². The third-order valence-electron chi connectivity index (χ3n) is 1.91. The molecule has 2 rings (SSSR count). The van der Waals surface area contributed by atoms with Gasteiger partial charge < -0.3 is 0 Å². The van der Waals surface area contributed by atoms with Gasteiger partial charge in [-0.15, -0.1) is 11.6 Å². The van der Waals surface area contributed by atoms with Crippen molar-refractivity contribution in [1.29, 1.82) is 0 Å². The number of fused-ring (bicyclic) bond motifs is 1. The van der Waals surface area contributed by atoms with E-state index >= 15 is 0 Å². The molecule has 4 nitrogen and oxygen atoms in total. The molecule has 18 heavy (non-hydrogen) atoms. The smallest absolute Gasteiger partial charge is 0.248 e. The maximum Gasteiger partial charge on any atom is 0.248 e. The number of thiazole rings is 1. The van der Waals surface area contributed by atoms with Gasteiger partial charge in [0.2, 0.25) is 10.0 Å². The zero-order chi connectivity index (χ0) is 13.5. The van der Waals surface area contributed by atoms with Crippen LogP contribution in [0.25, 0.3) is 10.2 Å². The lowest BCUT2D eigenvalue weighted by molar-refractivity contribution is 0.453. The average Bonchev–Trinajstić information content (AvgIpc) is 2.68. The van der Waals surface area contributed by atoms with Gasteiger partial charge in [0.15, 0.2) is 22.6 Å². The van der Waals surface area contributed by atoms with Crippen molar-refractivity contribution in [3.63, 3.8) is 0 Å². The molecule has 0 saturated carbocycles. The van der Waals surface area contributed by atoms with Crippen LogP contribution in [0.3, 0.4) is 0 Å². The Bertz CT molecular complexity index is 717. The third-order valence-corrected chi connectivity index (χ3v) is 4.61. The van der Waals surface area contributed by atoms with Crippen LogP contribution >= 0.6 is 22.9 Å². The third kappa shape index (κ3) is 2.38. The maximum absolute atomic E-state index is 13.3. The van der Waals surface area contributed by atoms with Crippen LogP contribution in [0.5, 0.6) is 0 Å². The molecule has 0 atom stereocenters. The van der Waals surface area contributed by atoms with E-state index in [2.05, 4.69) is 4.98 Å². The second-order valence-electron chi connectivity index (χ2n) is 3.18. The molecule has 0 saturated heterocycles. The first kappa shape index (κ1) is 13.4. The van der Waals surface area contributed by atoms with E-state index in [-0.39, 0.29) is 9.83 Å². The van der Waals surface area contributed by atoms with Crippen molar-refractivity contribution < 1.29 is 21.6 Å². The minimum atomic E-state index is -3.80. The van der Waals surface area contributed by atoms with Crippen LogP contribution in [0.4, 0.5) is 18.3 Å². The number of halogens is 4. The summed E-state index contributed by atoms with van der Waals surface area (Å²) in [6.45, 7) is 0. The molecule has 0 bridgehead atoms. The van der Waals surface area contributed by atoms with Crippen molar-refractivity contribution in [2.24, 2.45) is 0 Å². The number of sulfonamides is 1. The Morgan fingerprint density at radius 1 is 1.33 bits per heavy atom. The number of anilines is 1. The van der Waals surface area contributed by atoms with Gasteiger partial charge >= 0.3 is 0 Å². The molecule has 1 aromatic carbocycles. The number of hydrogen-bond acceptors (Lipinski definition) is 4. The highest BCUT2D eigenvalue weighted by atomic mass is 35.5. The number of alkyl halides is 1. The Kier molecular flexibility index (Phi) is 3.39. The lowest BCUT2D eigenvalue weighted by Gasteiger charge is -1.98.